The standard InChI is InChI=1S/C54H80O6/c1-4-7-10-13-16-19-22-24-26-28-29-32-35-38-41-44-47-53(56)59-50-51(49-58-52(55)46-43-40-37-34-31-21-18-15-12-9-6-3)60-54(57)48-45-42-39-36-33-30-27-25-23-20-17-14-11-8-5-2/h7-12,14,16-21,23-27,29,32,34,37-38,41,51H,4-6,13,15,22,28,30-31,33,35-36,39-40,42-50H2,1-3H3/b10-7-,11-8-,12-9-,17-14-,19-16-,21-18-,23-20-,26-24-,27-25-,32-29-,37-34-,41-38-. The Kier molecular flexibility index (Phi) is 43.3. The molecule has 1 atom stereocenters. The molecular weight excluding hydrogens is 745 g/mol. The van der Waals surface area contributed by atoms with Gasteiger partial charge < -0.3 is 14.2 Å². The summed E-state index contributed by atoms with van der Waals surface area (Å²) in [6.07, 6.45) is 67.1. The summed E-state index contributed by atoms with van der Waals surface area (Å²) in [6.45, 7) is 6.09. The van der Waals surface area contributed by atoms with Crippen LogP contribution in [0.3, 0.4) is 0 Å². The highest BCUT2D eigenvalue weighted by Crippen LogP contribution is 2.11. The van der Waals surface area contributed by atoms with Crippen LogP contribution < -0.4 is 0 Å². The van der Waals surface area contributed by atoms with E-state index in [4.69, 9.17) is 14.2 Å². The molecule has 0 aromatic carbocycles. The molecule has 0 amide bonds. The van der Waals surface area contributed by atoms with Gasteiger partial charge in [0.1, 0.15) is 13.2 Å². The quantitative estimate of drug-likeness (QED) is 0.0203. The van der Waals surface area contributed by atoms with Gasteiger partial charge in [-0.25, -0.2) is 0 Å². The zero-order valence-electron chi connectivity index (χ0n) is 37.6. The van der Waals surface area contributed by atoms with Gasteiger partial charge in [-0.2, -0.15) is 0 Å². The highest BCUT2D eigenvalue weighted by molar-refractivity contribution is 5.71. The van der Waals surface area contributed by atoms with Gasteiger partial charge in [0.15, 0.2) is 6.10 Å². The average molecular weight is 825 g/mol. The normalized spacial score (nSPS) is 13.4. The minimum atomic E-state index is -0.845. The number of hydrogen-bond acceptors (Lipinski definition) is 6. The highest BCUT2D eigenvalue weighted by atomic mass is 16.6. The Labute approximate surface area is 366 Å². The zero-order valence-corrected chi connectivity index (χ0v) is 37.6. The SMILES string of the molecule is CC\C=C/C=C\C=C/C=C\CCCCCCCC(=O)OC(COC(=O)CC/C=C\C/C=C\C/C=C\C/C=C\C/C=C\CC)COC(=O)CCC/C=C\C/C=C\C/C=C\CC. The van der Waals surface area contributed by atoms with Gasteiger partial charge in [0, 0.05) is 19.3 Å². The Balaban J connectivity index is 4.63. The lowest BCUT2D eigenvalue weighted by atomic mass is 10.1. The lowest BCUT2D eigenvalue weighted by molar-refractivity contribution is -0.166. The maximum Gasteiger partial charge on any atom is 0.306 e. The van der Waals surface area contributed by atoms with Crippen molar-refractivity contribution in [3.8, 4) is 0 Å². The number of hydrogen-bond donors (Lipinski definition) is 0. The topological polar surface area (TPSA) is 78.9 Å². The van der Waals surface area contributed by atoms with Crippen LogP contribution >= 0.6 is 0 Å². The molecule has 0 saturated heterocycles. The number of carbonyl (C=O) groups excluding carboxylic acids is 3. The first kappa shape index (κ1) is 55.3. The third-order valence-electron chi connectivity index (χ3n) is 8.68. The molecule has 6 heteroatoms. The van der Waals surface area contributed by atoms with Crippen molar-refractivity contribution in [1.29, 1.82) is 0 Å². The number of esters is 3. The molecule has 0 spiro atoms. The van der Waals surface area contributed by atoms with E-state index in [0.29, 0.717) is 12.8 Å². The Morgan fingerprint density at radius 2 is 0.733 bits per heavy atom. The summed E-state index contributed by atoms with van der Waals surface area (Å²) in [7, 11) is 0. The molecule has 0 aliphatic rings. The molecule has 0 aliphatic heterocycles. The molecule has 0 heterocycles. The zero-order chi connectivity index (χ0) is 43.7. The molecule has 0 aromatic rings. The van der Waals surface area contributed by atoms with Crippen molar-refractivity contribution in [2.24, 2.45) is 0 Å². The van der Waals surface area contributed by atoms with Gasteiger partial charge in [-0.3, -0.25) is 14.4 Å². The Hall–Kier alpha value is -4.71. The van der Waals surface area contributed by atoms with Crippen molar-refractivity contribution < 1.29 is 28.6 Å². The number of allylic oxidation sites excluding steroid dienone is 24. The third-order valence-corrected chi connectivity index (χ3v) is 8.68. The van der Waals surface area contributed by atoms with E-state index in [0.717, 1.165) is 103 Å². The second-order valence-electron chi connectivity index (χ2n) is 14.3. The molecule has 6 nitrogen and oxygen atoms in total. The minimum Gasteiger partial charge on any atom is -0.462 e. The van der Waals surface area contributed by atoms with Gasteiger partial charge >= 0.3 is 17.9 Å². The van der Waals surface area contributed by atoms with E-state index in [1.54, 1.807) is 0 Å². The fraction of sp³-hybridized carbons (Fsp3) is 0.500. The first-order chi connectivity index (χ1) is 29.5. The van der Waals surface area contributed by atoms with Crippen molar-refractivity contribution in [2.45, 2.75) is 162 Å². The number of carbonyl (C=O) groups is 3. The first-order valence-electron chi connectivity index (χ1n) is 22.9. The molecule has 0 aliphatic carbocycles. The van der Waals surface area contributed by atoms with Crippen LogP contribution in [0.2, 0.25) is 0 Å². The van der Waals surface area contributed by atoms with Crippen LogP contribution in [0.25, 0.3) is 0 Å². The molecule has 0 rings (SSSR count). The van der Waals surface area contributed by atoms with Crippen LogP contribution in [0.15, 0.2) is 146 Å². The Bertz CT molecular complexity index is 1410. The minimum absolute atomic E-state index is 0.144. The summed E-state index contributed by atoms with van der Waals surface area (Å²) in [6, 6.07) is 0. The van der Waals surface area contributed by atoms with Crippen LogP contribution in [0.5, 0.6) is 0 Å². The van der Waals surface area contributed by atoms with Crippen LogP contribution in [-0.2, 0) is 28.6 Å². The van der Waals surface area contributed by atoms with E-state index in [9.17, 15) is 14.4 Å². The van der Waals surface area contributed by atoms with Gasteiger partial charge in [-0.15, -0.1) is 0 Å². The van der Waals surface area contributed by atoms with Crippen LogP contribution in [0.1, 0.15) is 156 Å². The van der Waals surface area contributed by atoms with Gasteiger partial charge in [0.25, 0.3) is 0 Å². The van der Waals surface area contributed by atoms with Crippen LogP contribution in [-0.4, -0.2) is 37.2 Å². The highest BCUT2D eigenvalue weighted by Gasteiger charge is 2.19. The average Bonchev–Trinajstić information content (AvgIpc) is 3.24. The number of rotatable bonds is 38. The lowest BCUT2D eigenvalue weighted by Crippen LogP contribution is -2.30. The van der Waals surface area contributed by atoms with Gasteiger partial charge in [0.2, 0.25) is 0 Å². The summed E-state index contributed by atoms with van der Waals surface area (Å²) >= 11 is 0. The van der Waals surface area contributed by atoms with Crippen molar-refractivity contribution in [1.82, 2.24) is 0 Å². The molecule has 0 aromatic heterocycles. The van der Waals surface area contributed by atoms with Crippen molar-refractivity contribution in [3.63, 3.8) is 0 Å². The molecule has 0 N–H and O–H groups in total. The van der Waals surface area contributed by atoms with Gasteiger partial charge in [0.05, 0.1) is 0 Å². The monoisotopic (exact) mass is 825 g/mol. The second-order valence-corrected chi connectivity index (χ2v) is 14.3. The molecule has 0 bridgehead atoms. The third kappa shape index (κ3) is 44.4. The van der Waals surface area contributed by atoms with E-state index in [1.165, 1.54) is 0 Å². The molecule has 0 radical (unpaired) electrons. The maximum absolute atomic E-state index is 12.7. The van der Waals surface area contributed by atoms with Crippen LogP contribution in [0.4, 0.5) is 0 Å². The van der Waals surface area contributed by atoms with Crippen molar-refractivity contribution in [3.05, 3.63) is 146 Å². The molecule has 1 unspecified atom stereocenters. The fourth-order valence-corrected chi connectivity index (χ4v) is 5.35. The van der Waals surface area contributed by atoms with Crippen LogP contribution in [0, 0.1) is 0 Å². The van der Waals surface area contributed by atoms with Crippen molar-refractivity contribution >= 4 is 17.9 Å². The molecule has 332 valence electrons. The lowest BCUT2D eigenvalue weighted by Gasteiger charge is -2.18. The summed E-state index contributed by atoms with van der Waals surface area (Å²) in [5, 5.41) is 0. The second kappa shape index (κ2) is 47.0. The largest absolute Gasteiger partial charge is 0.462 e. The van der Waals surface area contributed by atoms with Crippen molar-refractivity contribution in [2.75, 3.05) is 13.2 Å². The molecule has 0 fully saturated rings. The van der Waals surface area contributed by atoms with Gasteiger partial charge in [-0.05, 0) is 96.3 Å². The maximum atomic E-state index is 12.7. The predicted molar refractivity (Wildman–Crippen MR) is 255 cm³/mol. The summed E-state index contributed by atoms with van der Waals surface area (Å²) in [5.74, 6) is -1.12. The smallest absolute Gasteiger partial charge is 0.306 e. The van der Waals surface area contributed by atoms with E-state index in [1.807, 2.05) is 42.5 Å². The summed E-state index contributed by atoms with van der Waals surface area (Å²) in [4.78, 5) is 37.7. The van der Waals surface area contributed by atoms with E-state index in [2.05, 4.69) is 124 Å². The van der Waals surface area contributed by atoms with E-state index >= 15 is 0 Å². The molecule has 0 saturated carbocycles. The Morgan fingerprint density at radius 1 is 0.350 bits per heavy atom. The summed E-state index contributed by atoms with van der Waals surface area (Å²) in [5.41, 5.74) is 0. The number of ether oxygens (including phenoxy) is 3. The number of unbranched alkanes of at least 4 members (excludes halogenated alkanes) is 6. The predicted octanol–water partition coefficient (Wildman–Crippen LogP) is 14.9. The van der Waals surface area contributed by atoms with E-state index in [-0.39, 0.29) is 50.4 Å². The first-order valence-corrected chi connectivity index (χ1v) is 22.9. The molecule has 60 heavy (non-hydrogen) atoms. The molecular formula is C54H80O6. The summed E-state index contributed by atoms with van der Waals surface area (Å²) < 4.78 is 16.6. The Morgan fingerprint density at radius 3 is 1.27 bits per heavy atom. The van der Waals surface area contributed by atoms with Gasteiger partial charge in [-0.1, -0.05) is 186 Å². The van der Waals surface area contributed by atoms with E-state index < -0.39 is 6.10 Å². The fourth-order valence-electron chi connectivity index (χ4n) is 5.35.